The van der Waals surface area contributed by atoms with Gasteiger partial charge in [0.05, 0.1) is 6.61 Å². The van der Waals surface area contributed by atoms with Gasteiger partial charge >= 0.3 is 5.97 Å². The smallest absolute Gasteiger partial charge is 0.334 e. The van der Waals surface area contributed by atoms with E-state index in [1.165, 1.54) is 0 Å². The van der Waals surface area contributed by atoms with Crippen LogP contribution in [0.2, 0.25) is 0 Å². The maximum atomic E-state index is 12.2. The zero-order valence-electron chi connectivity index (χ0n) is 11.4. The van der Waals surface area contributed by atoms with E-state index in [-0.39, 0.29) is 5.97 Å². The molecule has 0 amide bonds. The molecule has 1 N–H and O–H groups in total. The lowest BCUT2D eigenvalue weighted by Gasteiger charge is -2.17. The van der Waals surface area contributed by atoms with Gasteiger partial charge in [-0.25, -0.2) is 4.79 Å². The molecule has 0 saturated carbocycles. The number of ether oxygens (including phenoxy) is 1. The first-order valence-corrected chi connectivity index (χ1v) is 7.96. The largest absolute Gasteiger partial charge is 0.464 e. The van der Waals surface area contributed by atoms with Crippen molar-refractivity contribution in [3.8, 4) is 0 Å². The van der Waals surface area contributed by atoms with Crippen molar-refractivity contribution in [1.82, 2.24) is 0 Å². The summed E-state index contributed by atoms with van der Waals surface area (Å²) in [5.74, 6) is -0.259. The Balaban J connectivity index is 2.27. The zero-order valence-corrected chi connectivity index (χ0v) is 13.8. The number of para-hydroxylation sites is 1. The Morgan fingerprint density at radius 2 is 2.10 bits per heavy atom. The van der Waals surface area contributed by atoms with E-state index in [0.29, 0.717) is 6.61 Å². The fourth-order valence-electron chi connectivity index (χ4n) is 1.80. The Kier molecular flexibility index (Phi) is 5.20. The van der Waals surface area contributed by atoms with Crippen LogP contribution in [0.1, 0.15) is 22.7 Å². The molecule has 0 aliphatic carbocycles. The number of carbonyl (C=O) groups is 1. The van der Waals surface area contributed by atoms with Crippen LogP contribution in [-0.2, 0) is 9.53 Å². The Morgan fingerprint density at radius 1 is 1.40 bits per heavy atom. The van der Waals surface area contributed by atoms with Crippen molar-refractivity contribution in [1.29, 1.82) is 0 Å². The molecule has 5 heteroatoms. The molecular weight excluding hydrogens is 338 g/mol. The summed E-state index contributed by atoms with van der Waals surface area (Å²) in [5.41, 5.74) is 0.896. The van der Waals surface area contributed by atoms with Crippen molar-refractivity contribution in [3.63, 3.8) is 0 Å². The highest BCUT2D eigenvalue weighted by Crippen LogP contribution is 2.33. The number of carbonyl (C=O) groups excluding carboxylic acids is 1. The topological polar surface area (TPSA) is 38.3 Å². The van der Waals surface area contributed by atoms with Crippen molar-refractivity contribution in [2.75, 3.05) is 11.9 Å². The van der Waals surface area contributed by atoms with Crippen molar-refractivity contribution in [2.24, 2.45) is 0 Å². The fourth-order valence-corrected chi connectivity index (χ4v) is 3.40. The molecule has 1 aromatic heterocycles. The van der Waals surface area contributed by atoms with Crippen LogP contribution in [0.25, 0.3) is 0 Å². The molecule has 2 rings (SSSR count). The molecule has 0 bridgehead atoms. The third-order valence-electron chi connectivity index (χ3n) is 2.77. The van der Waals surface area contributed by atoms with Gasteiger partial charge in [-0.15, -0.1) is 11.3 Å². The molecule has 106 valence electrons. The normalized spacial score (nSPS) is 11.9. The van der Waals surface area contributed by atoms with Gasteiger partial charge in [0, 0.05) is 19.9 Å². The molecule has 0 radical (unpaired) electrons. The van der Waals surface area contributed by atoms with Crippen LogP contribution in [0, 0.1) is 6.92 Å². The highest BCUT2D eigenvalue weighted by atomic mass is 79.9. The van der Waals surface area contributed by atoms with E-state index >= 15 is 0 Å². The monoisotopic (exact) mass is 353 g/mol. The van der Waals surface area contributed by atoms with Crippen LogP contribution in [0.4, 0.5) is 5.69 Å². The molecule has 2 aromatic rings. The Labute approximate surface area is 131 Å². The SMILES string of the molecule is CCOC(=O)C(Nc1ccccc1)c1cc(Br)c(C)s1. The van der Waals surface area contributed by atoms with Gasteiger partial charge in [-0.1, -0.05) is 18.2 Å². The van der Waals surface area contributed by atoms with E-state index in [1.54, 1.807) is 11.3 Å². The zero-order chi connectivity index (χ0) is 14.5. The molecule has 0 fully saturated rings. The number of esters is 1. The summed E-state index contributed by atoms with van der Waals surface area (Å²) >= 11 is 5.07. The van der Waals surface area contributed by atoms with Gasteiger partial charge in [0.25, 0.3) is 0 Å². The second kappa shape index (κ2) is 6.90. The third kappa shape index (κ3) is 3.61. The van der Waals surface area contributed by atoms with E-state index in [9.17, 15) is 4.79 Å². The first-order chi connectivity index (χ1) is 9.61. The lowest BCUT2D eigenvalue weighted by Crippen LogP contribution is -2.22. The third-order valence-corrected chi connectivity index (χ3v) is 4.97. The van der Waals surface area contributed by atoms with Crippen molar-refractivity contribution < 1.29 is 9.53 Å². The van der Waals surface area contributed by atoms with Crippen LogP contribution in [0.3, 0.4) is 0 Å². The Morgan fingerprint density at radius 3 is 2.65 bits per heavy atom. The number of anilines is 1. The molecule has 3 nitrogen and oxygen atoms in total. The number of rotatable bonds is 5. The summed E-state index contributed by atoms with van der Waals surface area (Å²) in [4.78, 5) is 14.3. The van der Waals surface area contributed by atoms with Crippen molar-refractivity contribution in [2.45, 2.75) is 19.9 Å². The number of benzene rings is 1. The summed E-state index contributed by atoms with van der Waals surface area (Å²) in [6.45, 7) is 4.20. The average Bonchev–Trinajstić information content (AvgIpc) is 2.77. The van der Waals surface area contributed by atoms with Gasteiger partial charge < -0.3 is 10.1 Å². The average molecular weight is 354 g/mol. The highest BCUT2D eigenvalue weighted by molar-refractivity contribution is 9.10. The van der Waals surface area contributed by atoms with Crippen molar-refractivity contribution in [3.05, 3.63) is 50.6 Å². The maximum Gasteiger partial charge on any atom is 0.334 e. The Hall–Kier alpha value is -1.33. The summed E-state index contributed by atoms with van der Waals surface area (Å²) in [5, 5.41) is 3.24. The minimum atomic E-state index is -0.479. The van der Waals surface area contributed by atoms with Crippen molar-refractivity contribution >= 4 is 38.9 Å². The predicted octanol–water partition coefficient (Wildman–Crippen LogP) is 4.54. The fraction of sp³-hybridized carbons (Fsp3) is 0.267. The van der Waals surface area contributed by atoms with Gasteiger partial charge in [0.15, 0.2) is 6.04 Å². The van der Waals surface area contributed by atoms with Crippen LogP contribution >= 0.6 is 27.3 Å². The number of thiophene rings is 1. The molecular formula is C15H16BrNO2S. The summed E-state index contributed by atoms with van der Waals surface area (Å²) in [7, 11) is 0. The lowest BCUT2D eigenvalue weighted by atomic mass is 10.2. The lowest BCUT2D eigenvalue weighted by molar-refractivity contribution is -0.144. The first kappa shape index (κ1) is 15.1. The molecule has 0 spiro atoms. The standard InChI is InChI=1S/C15H16BrNO2S/c1-3-19-15(18)14(13-9-12(16)10(2)20-13)17-11-7-5-4-6-8-11/h4-9,14,17H,3H2,1-2H3. The van der Waals surface area contributed by atoms with Crippen LogP contribution in [-0.4, -0.2) is 12.6 Å². The number of nitrogens with one attached hydrogen (secondary N) is 1. The van der Waals surface area contributed by atoms with Gasteiger partial charge in [-0.05, 0) is 48.0 Å². The summed E-state index contributed by atoms with van der Waals surface area (Å²) in [6.07, 6.45) is 0. The first-order valence-electron chi connectivity index (χ1n) is 6.36. The molecule has 1 aromatic carbocycles. The highest BCUT2D eigenvalue weighted by Gasteiger charge is 2.24. The van der Waals surface area contributed by atoms with E-state index in [1.807, 2.05) is 50.2 Å². The molecule has 1 atom stereocenters. The quantitative estimate of drug-likeness (QED) is 0.802. The van der Waals surface area contributed by atoms with Gasteiger partial charge in [0.2, 0.25) is 0 Å². The van der Waals surface area contributed by atoms with E-state index in [2.05, 4.69) is 21.2 Å². The summed E-state index contributed by atoms with van der Waals surface area (Å²) in [6, 6.07) is 11.2. The number of aryl methyl sites for hydroxylation is 1. The Bertz CT molecular complexity index is 563. The predicted molar refractivity (Wildman–Crippen MR) is 86.2 cm³/mol. The number of halogens is 1. The van der Waals surface area contributed by atoms with Gasteiger partial charge in [-0.3, -0.25) is 0 Å². The molecule has 0 aliphatic rings. The molecule has 20 heavy (non-hydrogen) atoms. The molecule has 0 aliphatic heterocycles. The number of hydrogen-bond donors (Lipinski definition) is 1. The van der Waals surface area contributed by atoms with E-state index < -0.39 is 6.04 Å². The maximum absolute atomic E-state index is 12.2. The van der Waals surface area contributed by atoms with Gasteiger partial charge in [0.1, 0.15) is 0 Å². The molecule has 1 heterocycles. The van der Waals surface area contributed by atoms with Crippen LogP contribution in [0.5, 0.6) is 0 Å². The number of hydrogen-bond acceptors (Lipinski definition) is 4. The molecule has 0 saturated heterocycles. The summed E-state index contributed by atoms with van der Waals surface area (Å²) < 4.78 is 6.19. The second-order valence-electron chi connectivity index (χ2n) is 4.25. The van der Waals surface area contributed by atoms with Gasteiger partial charge in [-0.2, -0.15) is 0 Å². The minimum Gasteiger partial charge on any atom is -0.464 e. The second-order valence-corrected chi connectivity index (χ2v) is 6.39. The van der Waals surface area contributed by atoms with Crippen LogP contribution in [0.15, 0.2) is 40.9 Å². The van der Waals surface area contributed by atoms with Crippen LogP contribution < -0.4 is 5.32 Å². The van der Waals surface area contributed by atoms with E-state index in [4.69, 9.17) is 4.74 Å². The minimum absolute atomic E-state index is 0.259. The van der Waals surface area contributed by atoms with E-state index in [0.717, 1.165) is 19.9 Å². The molecule has 1 unspecified atom stereocenters.